The van der Waals surface area contributed by atoms with Gasteiger partial charge in [0.05, 0.1) is 24.1 Å². The van der Waals surface area contributed by atoms with Crippen molar-refractivity contribution in [1.29, 1.82) is 0 Å². The van der Waals surface area contributed by atoms with E-state index in [2.05, 4.69) is 52.6 Å². The number of hydrogen-bond acceptors (Lipinski definition) is 5. The van der Waals surface area contributed by atoms with E-state index in [0.717, 1.165) is 60.4 Å². The van der Waals surface area contributed by atoms with Crippen molar-refractivity contribution in [2.75, 3.05) is 7.11 Å². The molecule has 0 N–H and O–H groups in total. The van der Waals surface area contributed by atoms with Gasteiger partial charge >= 0.3 is 0 Å². The highest BCUT2D eigenvalue weighted by Crippen LogP contribution is 2.33. The van der Waals surface area contributed by atoms with Gasteiger partial charge in [-0.25, -0.2) is 15.0 Å². The molecule has 0 bridgehead atoms. The average Bonchev–Trinajstić information content (AvgIpc) is 2.72. The Balaban J connectivity index is 2.54. The summed E-state index contributed by atoms with van der Waals surface area (Å²) in [6, 6.07) is 4.10. The molecule has 0 saturated carbocycles. The Kier molecular flexibility index (Phi) is 8.21. The Bertz CT molecular complexity index is 775. The van der Waals surface area contributed by atoms with Crippen molar-refractivity contribution in [3.63, 3.8) is 0 Å². The lowest BCUT2D eigenvalue weighted by molar-refractivity contribution is 0.175. The monoisotopic (exact) mass is 385 g/mol. The highest BCUT2D eigenvalue weighted by molar-refractivity contribution is 5.68. The predicted molar refractivity (Wildman–Crippen MR) is 114 cm³/mol. The first kappa shape index (κ1) is 22.1. The molecule has 0 aliphatic heterocycles. The quantitative estimate of drug-likeness (QED) is 0.521. The van der Waals surface area contributed by atoms with E-state index in [0.29, 0.717) is 17.7 Å². The molecule has 0 fully saturated rings. The van der Waals surface area contributed by atoms with Gasteiger partial charge in [-0.3, -0.25) is 0 Å². The summed E-state index contributed by atoms with van der Waals surface area (Å²) >= 11 is 0. The number of pyridine rings is 1. The molecule has 2 aromatic rings. The summed E-state index contributed by atoms with van der Waals surface area (Å²) in [5, 5.41) is 0. The Morgan fingerprint density at radius 1 is 0.893 bits per heavy atom. The van der Waals surface area contributed by atoms with Gasteiger partial charge in [-0.1, -0.05) is 48.0 Å². The second kappa shape index (κ2) is 10.4. The molecule has 0 aliphatic carbocycles. The zero-order valence-electron chi connectivity index (χ0n) is 18.5. The minimum absolute atomic E-state index is 0.182. The molecule has 0 aliphatic rings. The maximum Gasteiger partial charge on any atom is 0.236 e. The van der Waals surface area contributed by atoms with E-state index >= 15 is 0 Å². The van der Waals surface area contributed by atoms with Gasteiger partial charge in [0, 0.05) is 5.69 Å². The summed E-state index contributed by atoms with van der Waals surface area (Å²) in [4.78, 5) is 14.5. The van der Waals surface area contributed by atoms with Gasteiger partial charge in [-0.2, -0.15) is 0 Å². The van der Waals surface area contributed by atoms with Crippen molar-refractivity contribution < 1.29 is 9.47 Å². The Labute approximate surface area is 169 Å². The fourth-order valence-corrected chi connectivity index (χ4v) is 3.21. The fourth-order valence-electron chi connectivity index (χ4n) is 3.21. The summed E-state index contributed by atoms with van der Waals surface area (Å²) < 4.78 is 11.8. The first-order chi connectivity index (χ1) is 13.5. The number of nitrogens with zero attached hydrogens (tertiary/aromatic N) is 3. The summed E-state index contributed by atoms with van der Waals surface area (Å²) in [6.07, 6.45) is 4.80. The van der Waals surface area contributed by atoms with Crippen molar-refractivity contribution in [1.82, 2.24) is 15.0 Å². The summed E-state index contributed by atoms with van der Waals surface area (Å²) in [5.41, 5.74) is 4.54. The smallest absolute Gasteiger partial charge is 0.236 e. The molecule has 2 rings (SSSR count). The number of aromatic nitrogens is 3. The normalized spacial score (nSPS) is 12.3. The Hall–Kier alpha value is -2.17. The van der Waals surface area contributed by atoms with Crippen LogP contribution in [0.25, 0.3) is 11.3 Å². The first-order valence-corrected chi connectivity index (χ1v) is 10.6. The lowest BCUT2D eigenvalue weighted by Crippen LogP contribution is -2.18. The molecule has 1 atom stereocenters. The highest BCUT2D eigenvalue weighted by atomic mass is 16.5. The van der Waals surface area contributed by atoms with Crippen LogP contribution < -0.4 is 9.47 Å². The van der Waals surface area contributed by atoms with Crippen LogP contribution in [0.5, 0.6) is 11.8 Å². The second-order valence-corrected chi connectivity index (χ2v) is 7.36. The second-order valence-electron chi connectivity index (χ2n) is 7.36. The molecule has 1 unspecified atom stereocenters. The summed E-state index contributed by atoms with van der Waals surface area (Å²) in [5.74, 6) is 1.61. The van der Waals surface area contributed by atoms with Crippen LogP contribution in [-0.4, -0.2) is 28.2 Å². The van der Waals surface area contributed by atoms with E-state index in [1.165, 1.54) is 0 Å². The molecule has 0 saturated heterocycles. The van der Waals surface area contributed by atoms with Crippen LogP contribution in [0.4, 0.5) is 0 Å². The Morgan fingerprint density at radius 3 is 2.14 bits per heavy atom. The van der Waals surface area contributed by atoms with Crippen LogP contribution in [0.2, 0.25) is 0 Å². The van der Waals surface area contributed by atoms with Crippen molar-refractivity contribution in [3.05, 3.63) is 29.2 Å². The molecule has 2 aromatic heterocycles. The van der Waals surface area contributed by atoms with Crippen LogP contribution in [0, 0.1) is 0 Å². The average molecular weight is 386 g/mol. The van der Waals surface area contributed by atoms with Gasteiger partial charge in [0.15, 0.2) is 0 Å². The molecular weight excluding hydrogens is 350 g/mol. The van der Waals surface area contributed by atoms with Crippen molar-refractivity contribution in [3.8, 4) is 23.0 Å². The number of aryl methyl sites for hydroxylation is 2. The van der Waals surface area contributed by atoms with E-state index in [-0.39, 0.29) is 6.10 Å². The number of ether oxygens (including phenoxy) is 2. The lowest BCUT2D eigenvalue weighted by atomic mass is 10.1. The van der Waals surface area contributed by atoms with Gasteiger partial charge in [0.25, 0.3) is 0 Å². The molecule has 0 radical (unpaired) electrons. The molecule has 0 aromatic carbocycles. The summed E-state index contributed by atoms with van der Waals surface area (Å²) in [6.45, 7) is 12.8. The molecule has 0 spiro atoms. The fraction of sp³-hybridized carbons (Fsp3) is 0.609. The molecule has 2 heterocycles. The highest BCUT2D eigenvalue weighted by Gasteiger charge is 2.20. The molecule has 5 heteroatoms. The number of hydrogen-bond donors (Lipinski definition) is 0. The van der Waals surface area contributed by atoms with Crippen LogP contribution in [-0.2, 0) is 12.8 Å². The first-order valence-electron chi connectivity index (χ1n) is 10.6. The molecule has 28 heavy (non-hydrogen) atoms. The van der Waals surface area contributed by atoms with Gasteiger partial charge in [0.1, 0.15) is 11.8 Å². The zero-order chi connectivity index (χ0) is 20.7. The maximum absolute atomic E-state index is 6.25. The van der Waals surface area contributed by atoms with Gasteiger partial charge in [0.2, 0.25) is 11.8 Å². The van der Waals surface area contributed by atoms with Crippen LogP contribution in [0.3, 0.4) is 0 Å². The molecular formula is C23H35N3O2. The van der Waals surface area contributed by atoms with Crippen LogP contribution in [0.15, 0.2) is 12.1 Å². The van der Waals surface area contributed by atoms with Crippen molar-refractivity contribution in [2.45, 2.75) is 85.7 Å². The van der Waals surface area contributed by atoms with E-state index in [9.17, 15) is 0 Å². The van der Waals surface area contributed by atoms with Crippen molar-refractivity contribution >= 4 is 0 Å². The topological polar surface area (TPSA) is 57.1 Å². The zero-order valence-corrected chi connectivity index (χ0v) is 18.5. The SMILES string of the molecule is CCCC(CC)Oc1nc(CC)c(-c2ccc(C(C)C)nc2OC)nc1CC. The minimum atomic E-state index is 0.182. The van der Waals surface area contributed by atoms with Crippen molar-refractivity contribution in [2.24, 2.45) is 0 Å². The summed E-state index contributed by atoms with van der Waals surface area (Å²) in [7, 11) is 1.66. The third-order valence-electron chi connectivity index (χ3n) is 4.94. The van der Waals surface area contributed by atoms with Crippen LogP contribution >= 0.6 is 0 Å². The standard InChI is InChI=1S/C23H35N3O2/c1-8-12-16(9-2)28-23-19(11-4)24-21(18(10-3)25-23)17-13-14-20(15(5)6)26-22(17)27-7/h13-16H,8-12H2,1-7H3. The third-order valence-corrected chi connectivity index (χ3v) is 4.94. The van der Waals surface area contributed by atoms with Gasteiger partial charge < -0.3 is 9.47 Å². The van der Waals surface area contributed by atoms with E-state index in [1.807, 2.05) is 6.07 Å². The van der Waals surface area contributed by atoms with E-state index in [4.69, 9.17) is 19.4 Å². The molecule has 0 amide bonds. The number of methoxy groups -OCH3 is 1. The van der Waals surface area contributed by atoms with Gasteiger partial charge in [-0.15, -0.1) is 0 Å². The largest absolute Gasteiger partial charge is 0.480 e. The number of rotatable bonds is 10. The van der Waals surface area contributed by atoms with E-state index < -0.39 is 0 Å². The van der Waals surface area contributed by atoms with Gasteiger partial charge in [-0.05, 0) is 43.7 Å². The van der Waals surface area contributed by atoms with Crippen LogP contribution in [0.1, 0.15) is 83.8 Å². The maximum atomic E-state index is 6.25. The minimum Gasteiger partial charge on any atom is -0.480 e. The third kappa shape index (κ3) is 5.00. The molecule has 5 nitrogen and oxygen atoms in total. The van der Waals surface area contributed by atoms with E-state index in [1.54, 1.807) is 7.11 Å². The molecule has 154 valence electrons. The lowest BCUT2D eigenvalue weighted by Gasteiger charge is -2.20. The predicted octanol–water partition coefficient (Wildman–Crippen LogP) is 5.75. The Morgan fingerprint density at radius 2 is 1.61 bits per heavy atom.